The molecule has 43 heavy (non-hydrogen) atoms. The number of benzene rings is 2. The van der Waals surface area contributed by atoms with E-state index in [0.717, 1.165) is 17.9 Å². The summed E-state index contributed by atoms with van der Waals surface area (Å²) in [7, 11) is -4.92. The summed E-state index contributed by atoms with van der Waals surface area (Å²) in [5.41, 5.74) is 1.71. The third-order valence-corrected chi connectivity index (χ3v) is 8.52. The van der Waals surface area contributed by atoms with Crippen LogP contribution in [0.15, 0.2) is 79.0 Å². The van der Waals surface area contributed by atoms with Gasteiger partial charge in [-0.25, -0.2) is 9.55 Å². The summed E-state index contributed by atoms with van der Waals surface area (Å²) in [6.07, 6.45) is 7.87. The number of ether oxygens (including phenoxy) is 1. The Balaban J connectivity index is 1.05. The van der Waals surface area contributed by atoms with E-state index >= 15 is 0 Å². The average Bonchev–Trinajstić information content (AvgIpc) is 3.53. The number of aromatic nitrogens is 1. The van der Waals surface area contributed by atoms with Gasteiger partial charge in [0, 0.05) is 25.4 Å². The Morgan fingerprint density at radius 3 is 2.58 bits per heavy atom. The highest BCUT2D eigenvalue weighted by Gasteiger charge is 2.43. The first-order valence-electron chi connectivity index (χ1n) is 13.9. The summed E-state index contributed by atoms with van der Waals surface area (Å²) < 4.78 is 22.0. The van der Waals surface area contributed by atoms with Gasteiger partial charge in [0.15, 0.2) is 11.4 Å². The number of carbonyl (C=O) groups excluding carboxylic acids is 2. The Labute approximate surface area is 248 Å². The standard InChI is InChI=1S/C31H31N4O7P/c1-31(42-43(38,39)40)19-33-27-13-20(16-32-29(27)34-30(31)37)7-12-28(36)35-17-23-14-22(15-24(23)18-35)21-8-10-26(11-9-21)41-25-5-3-2-4-6-25/h2-14,16,23-24,33H,15,17-19H2,1H3,(H,32,34,37)(H2,38,39,40)/b12-7+/t23-,24+,31+/m0/s1. The van der Waals surface area contributed by atoms with Gasteiger partial charge in [0.05, 0.1) is 12.2 Å². The van der Waals surface area contributed by atoms with Crippen molar-refractivity contribution >= 4 is 42.8 Å². The van der Waals surface area contributed by atoms with Gasteiger partial charge in [-0.2, -0.15) is 0 Å². The Kier molecular flexibility index (Phi) is 7.66. The van der Waals surface area contributed by atoms with Crippen LogP contribution in [0.2, 0.25) is 0 Å². The summed E-state index contributed by atoms with van der Waals surface area (Å²) in [6.45, 7) is 2.42. The number of rotatable bonds is 7. The molecule has 3 aliphatic rings. The second-order valence-electron chi connectivity index (χ2n) is 11.1. The molecule has 1 saturated heterocycles. The molecule has 2 amide bonds. The number of allylic oxidation sites excluding steroid dienone is 1. The maximum Gasteiger partial charge on any atom is 0.470 e. The van der Waals surface area contributed by atoms with Crippen LogP contribution in [0.3, 0.4) is 0 Å². The zero-order chi connectivity index (χ0) is 30.2. The van der Waals surface area contributed by atoms with Crippen LogP contribution in [0, 0.1) is 11.8 Å². The molecule has 4 N–H and O–H groups in total. The average molecular weight is 603 g/mol. The molecule has 1 aliphatic carbocycles. The first-order valence-corrected chi connectivity index (χ1v) is 15.4. The summed E-state index contributed by atoms with van der Waals surface area (Å²) >= 11 is 0. The fraction of sp³-hybridized carbons (Fsp3) is 0.258. The molecule has 12 heteroatoms. The lowest BCUT2D eigenvalue weighted by atomic mass is 9.98. The van der Waals surface area contributed by atoms with Crippen molar-refractivity contribution in [1.29, 1.82) is 0 Å². The topological polar surface area (TPSA) is 150 Å². The number of nitrogens with one attached hydrogen (secondary N) is 2. The monoisotopic (exact) mass is 602 g/mol. The zero-order valence-electron chi connectivity index (χ0n) is 23.3. The van der Waals surface area contributed by atoms with E-state index < -0.39 is 19.3 Å². The second-order valence-corrected chi connectivity index (χ2v) is 12.3. The van der Waals surface area contributed by atoms with E-state index in [1.54, 1.807) is 12.1 Å². The van der Waals surface area contributed by atoms with Crippen LogP contribution in [-0.4, -0.2) is 56.7 Å². The smallest absolute Gasteiger partial charge is 0.457 e. The minimum Gasteiger partial charge on any atom is -0.457 e. The highest BCUT2D eigenvalue weighted by molar-refractivity contribution is 7.46. The van der Waals surface area contributed by atoms with Gasteiger partial charge in [-0.3, -0.25) is 14.1 Å². The third-order valence-electron chi connectivity index (χ3n) is 7.88. The van der Waals surface area contributed by atoms with E-state index in [2.05, 4.69) is 33.8 Å². The van der Waals surface area contributed by atoms with Gasteiger partial charge < -0.3 is 30.1 Å². The largest absolute Gasteiger partial charge is 0.470 e. The lowest BCUT2D eigenvalue weighted by Crippen LogP contribution is -2.46. The molecule has 3 atom stereocenters. The number of anilines is 2. The molecule has 3 heterocycles. The molecule has 11 nitrogen and oxygen atoms in total. The van der Waals surface area contributed by atoms with Crippen molar-refractivity contribution in [3.63, 3.8) is 0 Å². The van der Waals surface area contributed by atoms with Crippen LogP contribution in [0.1, 0.15) is 24.5 Å². The molecule has 1 fully saturated rings. The van der Waals surface area contributed by atoms with Crippen molar-refractivity contribution < 1.29 is 33.2 Å². The number of carbonyl (C=O) groups is 2. The number of phosphoric ester groups is 1. The molecule has 2 aromatic carbocycles. The van der Waals surface area contributed by atoms with E-state index in [0.29, 0.717) is 36.2 Å². The Morgan fingerprint density at radius 2 is 1.86 bits per heavy atom. The Hall–Kier alpha value is -4.28. The van der Waals surface area contributed by atoms with E-state index in [1.807, 2.05) is 47.4 Å². The minimum absolute atomic E-state index is 0.0920. The van der Waals surface area contributed by atoms with E-state index in [9.17, 15) is 23.9 Å². The van der Waals surface area contributed by atoms with Crippen molar-refractivity contribution in [2.24, 2.45) is 11.8 Å². The fourth-order valence-corrected chi connectivity index (χ4v) is 6.34. The first-order chi connectivity index (χ1) is 20.5. The molecular formula is C31H31N4O7P. The molecule has 6 rings (SSSR count). The van der Waals surface area contributed by atoms with Crippen LogP contribution in [0.4, 0.5) is 11.5 Å². The molecule has 1 aromatic heterocycles. The number of nitrogens with zero attached hydrogens (tertiary/aromatic N) is 2. The van der Waals surface area contributed by atoms with E-state index in [1.165, 1.54) is 30.3 Å². The van der Waals surface area contributed by atoms with Crippen molar-refractivity contribution in [2.45, 2.75) is 18.9 Å². The fourth-order valence-electron chi connectivity index (χ4n) is 5.67. The number of hydrogen-bond acceptors (Lipinski definition) is 7. The molecule has 2 aliphatic heterocycles. The van der Waals surface area contributed by atoms with Gasteiger partial charge in [0.25, 0.3) is 5.91 Å². The molecule has 222 valence electrons. The van der Waals surface area contributed by atoms with Crippen LogP contribution in [-0.2, 0) is 18.7 Å². The molecule has 0 radical (unpaired) electrons. The number of amides is 2. The van der Waals surface area contributed by atoms with Crippen LogP contribution in [0.25, 0.3) is 11.6 Å². The third kappa shape index (κ3) is 6.55. The van der Waals surface area contributed by atoms with E-state index in [-0.39, 0.29) is 18.3 Å². The van der Waals surface area contributed by atoms with Crippen molar-refractivity contribution in [3.05, 3.63) is 90.1 Å². The van der Waals surface area contributed by atoms with Crippen molar-refractivity contribution in [2.75, 3.05) is 30.3 Å². The first kappa shape index (κ1) is 28.8. The lowest BCUT2D eigenvalue weighted by molar-refractivity contribution is -0.130. The zero-order valence-corrected chi connectivity index (χ0v) is 24.2. The predicted molar refractivity (Wildman–Crippen MR) is 161 cm³/mol. The molecule has 0 unspecified atom stereocenters. The normalized spacial score (nSPS) is 23.2. The summed E-state index contributed by atoms with van der Waals surface area (Å²) in [4.78, 5) is 50.1. The number of hydrogen-bond donors (Lipinski definition) is 4. The molecule has 0 spiro atoms. The van der Waals surface area contributed by atoms with Gasteiger partial charge in [0.1, 0.15) is 11.5 Å². The molecule has 0 bridgehead atoms. The second kappa shape index (κ2) is 11.4. The highest BCUT2D eigenvalue weighted by atomic mass is 31.2. The van der Waals surface area contributed by atoms with Crippen LogP contribution < -0.4 is 15.4 Å². The minimum atomic E-state index is -4.92. The summed E-state index contributed by atoms with van der Waals surface area (Å²) in [5.74, 6) is 1.63. The molecule has 3 aromatic rings. The van der Waals surface area contributed by atoms with Gasteiger partial charge in [0.2, 0.25) is 5.91 Å². The summed E-state index contributed by atoms with van der Waals surface area (Å²) in [5, 5.41) is 5.48. The van der Waals surface area contributed by atoms with Crippen LogP contribution >= 0.6 is 7.82 Å². The highest BCUT2D eigenvalue weighted by Crippen LogP contribution is 2.43. The van der Waals surface area contributed by atoms with Gasteiger partial charge in [-0.15, -0.1) is 0 Å². The Morgan fingerprint density at radius 1 is 1.12 bits per heavy atom. The molecule has 0 saturated carbocycles. The number of fused-ring (bicyclic) bond motifs is 2. The maximum atomic E-state index is 13.0. The summed E-state index contributed by atoms with van der Waals surface area (Å²) in [6, 6.07) is 19.5. The number of pyridine rings is 1. The SMILES string of the molecule is C[C@@]1(OP(=O)(O)O)CNc2cc(/C=C/C(=O)N3C[C@H]4CC(c5ccc(Oc6ccccc6)cc5)=C[C@H]4C3)cnc2NC1=O. The molecular weight excluding hydrogens is 571 g/mol. The predicted octanol–water partition coefficient (Wildman–Crippen LogP) is 4.68. The Bertz CT molecular complexity index is 1650. The van der Waals surface area contributed by atoms with Gasteiger partial charge >= 0.3 is 7.82 Å². The van der Waals surface area contributed by atoms with Crippen molar-refractivity contribution in [1.82, 2.24) is 9.88 Å². The number of phosphoric acid groups is 1. The van der Waals surface area contributed by atoms with Crippen molar-refractivity contribution in [3.8, 4) is 11.5 Å². The van der Waals surface area contributed by atoms with Crippen LogP contribution in [0.5, 0.6) is 11.5 Å². The van der Waals surface area contributed by atoms with E-state index in [4.69, 9.17) is 9.26 Å². The maximum absolute atomic E-state index is 13.0. The van der Waals surface area contributed by atoms with Gasteiger partial charge in [-0.1, -0.05) is 36.4 Å². The quantitative estimate of drug-likeness (QED) is 0.223. The number of para-hydroxylation sites is 1. The lowest BCUT2D eigenvalue weighted by Gasteiger charge is -2.26. The van der Waals surface area contributed by atoms with Gasteiger partial charge in [-0.05, 0) is 78.3 Å². The number of likely N-dealkylation sites (tertiary alicyclic amines) is 1.